The maximum atomic E-state index is 14.2. The first-order chi connectivity index (χ1) is 14.6. The zero-order valence-corrected chi connectivity index (χ0v) is 16.2. The molecule has 3 rings (SSSR count). The van der Waals surface area contributed by atoms with Gasteiger partial charge in [-0.3, -0.25) is 9.59 Å². The van der Waals surface area contributed by atoms with Crippen molar-refractivity contribution < 1.29 is 36.2 Å². The molecular formula is C18H17F5N4O4. The van der Waals surface area contributed by atoms with Gasteiger partial charge in [-0.25, -0.2) is 9.49 Å². The first kappa shape index (κ1) is 22.5. The van der Waals surface area contributed by atoms with E-state index in [1.54, 1.807) is 0 Å². The third kappa shape index (κ3) is 3.80. The summed E-state index contributed by atoms with van der Waals surface area (Å²) in [6.07, 6.45) is -4.66. The van der Waals surface area contributed by atoms with Crippen LogP contribution in [0.2, 0.25) is 0 Å². The SMILES string of the molecule is COc1c(N2CCC(OC)(C(F)(F)F)[C@H]2C(=O)Nc2cn[nH]c(=O)c2)ccc(F)c1F. The fraction of sp³-hybridized carbons (Fsp3) is 0.389. The maximum absolute atomic E-state index is 14.2. The number of H-pyrrole nitrogens is 1. The topological polar surface area (TPSA) is 96.6 Å². The van der Waals surface area contributed by atoms with Crippen LogP contribution < -0.4 is 20.5 Å². The van der Waals surface area contributed by atoms with Gasteiger partial charge in [-0.1, -0.05) is 0 Å². The molecule has 2 atom stereocenters. The number of ether oxygens (including phenoxy) is 2. The third-order valence-corrected chi connectivity index (χ3v) is 5.05. The highest BCUT2D eigenvalue weighted by Gasteiger charge is 2.67. The molecule has 1 amide bonds. The molecule has 168 valence electrons. The fourth-order valence-electron chi connectivity index (χ4n) is 3.64. The zero-order chi connectivity index (χ0) is 23.0. The van der Waals surface area contributed by atoms with Crippen LogP contribution in [0.5, 0.6) is 5.75 Å². The molecule has 0 spiro atoms. The molecule has 1 unspecified atom stereocenters. The molecule has 2 N–H and O–H groups in total. The van der Waals surface area contributed by atoms with Gasteiger partial charge in [0.05, 0.1) is 24.7 Å². The second kappa shape index (κ2) is 8.13. The number of nitrogens with zero attached hydrogens (tertiary/aromatic N) is 2. The minimum absolute atomic E-state index is 0.162. The van der Waals surface area contributed by atoms with Crippen molar-refractivity contribution in [2.45, 2.75) is 24.2 Å². The molecule has 1 aliphatic rings. The third-order valence-electron chi connectivity index (χ3n) is 5.05. The van der Waals surface area contributed by atoms with Crippen LogP contribution in [0.3, 0.4) is 0 Å². The summed E-state index contributed by atoms with van der Waals surface area (Å²) in [7, 11) is 1.82. The number of methoxy groups -OCH3 is 2. The minimum atomic E-state index is -5.00. The largest absolute Gasteiger partial charge is 0.491 e. The van der Waals surface area contributed by atoms with E-state index < -0.39 is 53.1 Å². The monoisotopic (exact) mass is 448 g/mol. The average molecular weight is 448 g/mol. The Balaban J connectivity index is 2.12. The first-order valence-electron chi connectivity index (χ1n) is 8.82. The summed E-state index contributed by atoms with van der Waals surface area (Å²) in [6.45, 7) is -0.388. The fourth-order valence-corrected chi connectivity index (χ4v) is 3.64. The van der Waals surface area contributed by atoms with Gasteiger partial charge in [-0.2, -0.15) is 22.7 Å². The van der Waals surface area contributed by atoms with Gasteiger partial charge in [0, 0.05) is 26.1 Å². The van der Waals surface area contributed by atoms with Crippen LogP contribution >= 0.6 is 0 Å². The Morgan fingerprint density at radius 2 is 2.03 bits per heavy atom. The van der Waals surface area contributed by atoms with Crippen molar-refractivity contribution in [1.29, 1.82) is 0 Å². The number of rotatable bonds is 5. The number of amides is 1. The molecule has 1 aromatic carbocycles. The Hall–Kier alpha value is -3.22. The quantitative estimate of drug-likeness (QED) is 0.682. The minimum Gasteiger partial charge on any atom is -0.491 e. The Bertz CT molecular complexity index is 1040. The summed E-state index contributed by atoms with van der Waals surface area (Å²) in [5.74, 6) is -4.55. The normalized spacial score (nSPS) is 21.3. The predicted octanol–water partition coefficient (Wildman–Crippen LogP) is 2.22. The van der Waals surface area contributed by atoms with Crippen molar-refractivity contribution in [3.05, 3.63) is 46.4 Å². The molecule has 2 heterocycles. The number of benzene rings is 1. The molecule has 0 aliphatic carbocycles. The number of hydrogen-bond acceptors (Lipinski definition) is 6. The number of alkyl halides is 3. The Kier molecular flexibility index (Phi) is 5.89. The summed E-state index contributed by atoms with van der Waals surface area (Å²) in [5.41, 5.74) is -4.10. The smallest absolute Gasteiger partial charge is 0.420 e. The van der Waals surface area contributed by atoms with Crippen LogP contribution in [-0.4, -0.2) is 54.7 Å². The van der Waals surface area contributed by atoms with Gasteiger partial charge in [-0.05, 0) is 12.1 Å². The van der Waals surface area contributed by atoms with E-state index in [9.17, 15) is 31.5 Å². The van der Waals surface area contributed by atoms with Crippen molar-refractivity contribution in [2.24, 2.45) is 0 Å². The number of aromatic amines is 1. The summed E-state index contributed by atoms with van der Waals surface area (Å²) < 4.78 is 79.8. The molecule has 31 heavy (non-hydrogen) atoms. The molecule has 1 saturated heterocycles. The van der Waals surface area contributed by atoms with Gasteiger partial charge in [0.1, 0.15) is 6.04 Å². The number of anilines is 2. The average Bonchev–Trinajstić information content (AvgIpc) is 3.10. The van der Waals surface area contributed by atoms with Crippen LogP contribution in [0.1, 0.15) is 6.42 Å². The van der Waals surface area contributed by atoms with E-state index in [0.717, 1.165) is 37.4 Å². The van der Waals surface area contributed by atoms with Crippen molar-refractivity contribution in [1.82, 2.24) is 10.2 Å². The standard InChI is InChI=1S/C18H17F5N4O4/c1-30-14-11(4-3-10(19)13(14)20)27-6-5-17(31-2,18(21,22)23)15(27)16(29)25-9-7-12(28)26-24-8-9/h3-4,7-8,15H,5-6H2,1-2H3,(H2,25,26,28,29)/t15-,17?/m1/s1. The first-order valence-corrected chi connectivity index (χ1v) is 8.82. The molecule has 0 saturated carbocycles. The molecule has 0 bridgehead atoms. The molecule has 8 nitrogen and oxygen atoms in total. The Labute approximate surface area is 171 Å². The molecule has 2 aromatic rings. The van der Waals surface area contributed by atoms with Crippen molar-refractivity contribution in [2.75, 3.05) is 31.0 Å². The van der Waals surface area contributed by atoms with Crippen molar-refractivity contribution in [3.63, 3.8) is 0 Å². The van der Waals surface area contributed by atoms with Crippen LogP contribution in [0.15, 0.2) is 29.2 Å². The lowest BCUT2D eigenvalue weighted by molar-refractivity contribution is -0.269. The molecule has 1 aromatic heterocycles. The highest BCUT2D eigenvalue weighted by atomic mass is 19.4. The zero-order valence-electron chi connectivity index (χ0n) is 16.2. The van der Waals surface area contributed by atoms with Crippen LogP contribution in [0, 0.1) is 11.6 Å². The van der Waals surface area contributed by atoms with E-state index in [1.165, 1.54) is 0 Å². The second-order valence-corrected chi connectivity index (χ2v) is 6.67. The van der Waals surface area contributed by atoms with Gasteiger partial charge in [0.2, 0.25) is 5.82 Å². The highest BCUT2D eigenvalue weighted by molar-refractivity contribution is 5.98. The number of carbonyl (C=O) groups excluding carboxylic acids is 1. The van der Waals surface area contributed by atoms with E-state index in [1.807, 2.05) is 0 Å². The highest BCUT2D eigenvalue weighted by Crippen LogP contribution is 2.48. The van der Waals surface area contributed by atoms with E-state index in [-0.39, 0.29) is 17.9 Å². The molecule has 1 aliphatic heterocycles. The number of hydrogen-bond donors (Lipinski definition) is 2. The van der Waals surface area contributed by atoms with Gasteiger partial charge >= 0.3 is 6.18 Å². The van der Waals surface area contributed by atoms with E-state index in [2.05, 4.69) is 15.5 Å². The van der Waals surface area contributed by atoms with Crippen LogP contribution in [0.25, 0.3) is 0 Å². The van der Waals surface area contributed by atoms with E-state index >= 15 is 0 Å². The van der Waals surface area contributed by atoms with Crippen LogP contribution in [-0.2, 0) is 9.53 Å². The second-order valence-electron chi connectivity index (χ2n) is 6.67. The lowest BCUT2D eigenvalue weighted by Gasteiger charge is -2.38. The summed E-state index contributed by atoms with van der Waals surface area (Å²) in [4.78, 5) is 25.3. The summed E-state index contributed by atoms with van der Waals surface area (Å²) >= 11 is 0. The Morgan fingerprint density at radius 3 is 2.61 bits per heavy atom. The lowest BCUT2D eigenvalue weighted by atomic mass is 9.92. The van der Waals surface area contributed by atoms with E-state index in [0.29, 0.717) is 6.07 Å². The van der Waals surface area contributed by atoms with Gasteiger partial charge in [0.25, 0.3) is 11.5 Å². The van der Waals surface area contributed by atoms with Gasteiger partial charge in [0.15, 0.2) is 17.2 Å². The summed E-state index contributed by atoms with van der Waals surface area (Å²) in [5, 5.41) is 7.72. The number of nitrogens with one attached hydrogen (secondary N) is 2. The van der Waals surface area contributed by atoms with Gasteiger partial charge < -0.3 is 19.7 Å². The van der Waals surface area contributed by atoms with Crippen LogP contribution in [0.4, 0.5) is 33.3 Å². The lowest BCUT2D eigenvalue weighted by Crippen LogP contribution is -2.61. The Morgan fingerprint density at radius 1 is 1.32 bits per heavy atom. The molecular weight excluding hydrogens is 431 g/mol. The maximum Gasteiger partial charge on any atom is 0.420 e. The summed E-state index contributed by atoms with van der Waals surface area (Å²) in [6, 6.07) is 0.581. The van der Waals surface area contributed by atoms with E-state index in [4.69, 9.17) is 9.47 Å². The van der Waals surface area contributed by atoms with Crippen molar-refractivity contribution in [3.8, 4) is 5.75 Å². The molecule has 13 heteroatoms. The number of aromatic nitrogens is 2. The van der Waals surface area contributed by atoms with Gasteiger partial charge in [-0.15, -0.1) is 0 Å². The number of halogens is 5. The number of carbonyl (C=O) groups is 1. The van der Waals surface area contributed by atoms with Crippen molar-refractivity contribution >= 4 is 17.3 Å². The molecule has 0 radical (unpaired) electrons. The predicted molar refractivity (Wildman–Crippen MR) is 97.9 cm³/mol. The molecule has 1 fully saturated rings.